The van der Waals surface area contributed by atoms with Crippen LogP contribution in [-0.2, 0) is 17.8 Å². The van der Waals surface area contributed by atoms with Crippen molar-refractivity contribution in [3.05, 3.63) is 35.4 Å². The van der Waals surface area contributed by atoms with Gasteiger partial charge in [-0.15, -0.1) is 0 Å². The van der Waals surface area contributed by atoms with Crippen molar-refractivity contribution in [1.82, 2.24) is 10.2 Å². The maximum atomic E-state index is 5.65. The molecule has 1 aliphatic heterocycles. The lowest BCUT2D eigenvalue weighted by Crippen LogP contribution is -2.36. The molecule has 0 aliphatic carbocycles. The summed E-state index contributed by atoms with van der Waals surface area (Å²) in [4.78, 5) is 2.42. The molecule has 2 atom stereocenters. The highest BCUT2D eigenvalue weighted by molar-refractivity contribution is 5.27. The fraction of sp³-hybridized carbons (Fsp3) is 0.600. The molecule has 0 spiro atoms. The van der Waals surface area contributed by atoms with Crippen LogP contribution in [0, 0.1) is 0 Å². The zero-order chi connectivity index (χ0) is 13.0. The zero-order valence-electron chi connectivity index (χ0n) is 11.6. The molecule has 0 bridgehead atoms. The van der Waals surface area contributed by atoms with E-state index in [1.54, 1.807) is 0 Å². The minimum Gasteiger partial charge on any atom is -0.377 e. The van der Waals surface area contributed by atoms with Gasteiger partial charge in [0.15, 0.2) is 0 Å². The largest absolute Gasteiger partial charge is 0.377 e. The summed E-state index contributed by atoms with van der Waals surface area (Å²) in [6.45, 7) is 5.00. The normalized spacial score (nSPS) is 23.8. The topological polar surface area (TPSA) is 24.5 Å². The third-order valence-corrected chi connectivity index (χ3v) is 3.81. The van der Waals surface area contributed by atoms with Crippen LogP contribution in [0.1, 0.15) is 24.5 Å². The van der Waals surface area contributed by atoms with Gasteiger partial charge >= 0.3 is 0 Å². The Morgan fingerprint density at radius 2 is 2.06 bits per heavy atom. The van der Waals surface area contributed by atoms with Crippen molar-refractivity contribution in [2.45, 2.75) is 38.6 Å². The summed E-state index contributed by atoms with van der Waals surface area (Å²) in [6, 6.07) is 9.21. The van der Waals surface area contributed by atoms with Crippen LogP contribution in [0.25, 0.3) is 0 Å². The second-order valence-electron chi connectivity index (χ2n) is 5.15. The molecule has 2 unspecified atom stereocenters. The Kier molecular flexibility index (Phi) is 4.75. The first-order valence-corrected chi connectivity index (χ1v) is 6.75. The summed E-state index contributed by atoms with van der Waals surface area (Å²) >= 11 is 0. The zero-order valence-corrected chi connectivity index (χ0v) is 11.6. The average molecular weight is 248 g/mol. The number of likely N-dealkylation sites (N-methyl/N-ethyl adjacent to an activating group) is 1. The number of nitrogens with zero attached hydrogens (tertiary/aromatic N) is 1. The van der Waals surface area contributed by atoms with Crippen LogP contribution in [0.3, 0.4) is 0 Å². The quantitative estimate of drug-likeness (QED) is 0.863. The Bertz CT molecular complexity index is 381. The standard InChI is InChI=1S/C15H24N2O/c1-12-15(8-9-18-12)17(3)11-14-7-5-4-6-13(14)10-16-2/h4-7,12,15-16H,8-11H2,1-3H3. The third-order valence-electron chi connectivity index (χ3n) is 3.81. The van der Waals surface area contributed by atoms with Crippen LogP contribution >= 0.6 is 0 Å². The van der Waals surface area contributed by atoms with Crippen LogP contribution in [0.4, 0.5) is 0 Å². The van der Waals surface area contributed by atoms with Crippen molar-refractivity contribution in [2.75, 3.05) is 20.7 Å². The Balaban J connectivity index is 2.04. The monoisotopic (exact) mass is 248 g/mol. The molecule has 1 heterocycles. The van der Waals surface area contributed by atoms with Gasteiger partial charge in [0.05, 0.1) is 6.10 Å². The summed E-state index contributed by atoms with van der Waals surface area (Å²) in [7, 11) is 4.19. The molecule has 100 valence electrons. The van der Waals surface area contributed by atoms with Gasteiger partial charge in [-0.05, 0) is 38.6 Å². The predicted molar refractivity (Wildman–Crippen MR) is 74.5 cm³/mol. The molecule has 0 aromatic heterocycles. The lowest BCUT2D eigenvalue weighted by atomic mass is 10.0. The van der Waals surface area contributed by atoms with Crippen LogP contribution in [0.2, 0.25) is 0 Å². The molecule has 2 rings (SSSR count). The van der Waals surface area contributed by atoms with Crippen molar-refractivity contribution in [3.8, 4) is 0 Å². The van der Waals surface area contributed by atoms with E-state index in [2.05, 4.69) is 48.5 Å². The van der Waals surface area contributed by atoms with Crippen LogP contribution < -0.4 is 5.32 Å². The molecule has 0 radical (unpaired) electrons. The summed E-state index contributed by atoms with van der Waals surface area (Å²) in [6.07, 6.45) is 1.50. The van der Waals surface area contributed by atoms with Gasteiger partial charge in [-0.3, -0.25) is 4.90 Å². The average Bonchev–Trinajstić information content (AvgIpc) is 2.78. The number of rotatable bonds is 5. The number of benzene rings is 1. The highest BCUT2D eigenvalue weighted by Gasteiger charge is 2.27. The predicted octanol–water partition coefficient (Wildman–Crippen LogP) is 2.02. The van der Waals surface area contributed by atoms with E-state index in [1.807, 2.05) is 7.05 Å². The molecule has 1 saturated heterocycles. The first-order valence-electron chi connectivity index (χ1n) is 6.75. The molecule has 1 fully saturated rings. The van der Waals surface area contributed by atoms with E-state index in [0.717, 1.165) is 26.1 Å². The first kappa shape index (κ1) is 13.5. The number of ether oxygens (including phenoxy) is 1. The lowest BCUT2D eigenvalue weighted by Gasteiger charge is -2.27. The molecular formula is C15H24N2O. The SMILES string of the molecule is CNCc1ccccc1CN(C)C1CCOC1C. The van der Waals surface area contributed by atoms with E-state index in [0.29, 0.717) is 12.1 Å². The van der Waals surface area contributed by atoms with Gasteiger partial charge in [0, 0.05) is 25.7 Å². The first-order chi connectivity index (χ1) is 8.72. The van der Waals surface area contributed by atoms with Gasteiger partial charge in [-0.2, -0.15) is 0 Å². The van der Waals surface area contributed by atoms with Gasteiger partial charge in [0.2, 0.25) is 0 Å². The van der Waals surface area contributed by atoms with Crippen LogP contribution in [-0.4, -0.2) is 37.7 Å². The second kappa shape index (κ2) is 6.32. The Morgan fingerprint density at radius 3 is 2.67 bits per heavy atom. The fourth-order valence-corrected chi connectivity index (χ4v) is 2.76. The maximum absolute atomic E-state index is 5.65. The smallest absolute Gasteiger partial charge is 0.0703 e. The van der Waals surface area contributed by atoms with E-state index in [1.165, 1.54) is 11.1 Å². The third kappa shape index (κ3) is 3.10. The Hall–Kier alpha value is -0.900. The van der Waals surface area contributed by atoms with Crippen molar-refractivity contribution < 1.29 is 4.74 Å². The molecule has 3 heteroatoms. The summed E-state index contributed by atoms with van der Waals surface area (Å²) in [5.41, 5.74) is 2.80. The van der Waals surface area contributed by atoms with Crippen molar-refractivity contribution in [3.63, 3.8) is 0 Å². The molecule has 0 amide bonds. The Labute approximate surface area is 110 Å². The van der Waals surface area contributed by atoms with E-state index >= 15 is 0 Å². The minimum absolute atomic E-state index is 0.353. The Morgan fingerprint density at radius 1 is 1.33 bits per heavy atom. The molecule has 3 nitrogen and oxygen atoms in total. The van der Waals surface area contributed by atoms with E-state index in [9.17, 15) is 0 Å². The van der Waals surface area contributed by atoms with Gasteiger partial charge in [-0.25, -0.2) is 0 Å². The number of nitrogens with one attached hydrogen (secondary N) is 1. The molecule has 18 heavy (non-hydrogen) atoms. The molecule has 1 aromatic carbocycles. The van der Waals surface area contributed by atoms with Crippen molar-refractivity contribution >= 4 is 0 Å². The summed E-state index contributed by atoms with van der Waals surface area (Å²) in [5.74, 6) is 0. The highest BCUT2D eigenvalue weighted by Crippen LogP contribution is 2.21. The van der Waals surface area contributed by atoms with Gasteiger partial charge in [0.25, 0.3) is 0 Å². The molecule has 1 aromatic rings. The van der Waals surface area contributed by atoms with Crippen LogP contribution in [0.15, 0.2) is 24.3 Å². The molecule has 1 aliphatic rings. The fourth-order valence-electron chi connectivity index (χ4n) is 2.76. The van der Waals surface area contributed by atoms with E-state index < -0.39 is 0 Å². The van der Waals surface area contributed by atoms with Crippen LogP contribution in [0.5, 0.6) is 0 Å². The number of hydrogen-bond donors (Lipinski definition) is 1. The van der Waals surface area contributed by atoms with E-state index in [4.69, 9.17) is 4.74 Å². The lowest BCUT2D eigenvalue weighted by molar-refractivity contribution is 0.0813. The molecular weight excluding hydrogens is 224 g/mol. The second-order valence-corrected chi connectivity index (χ2v) is 5.15. The highest BCUT2D eigenvalue weighted by atomic mass is 16.5. The number of hydrogen-bond acceptors (Lipinski definition) is 3. The van der Waals surface area contributed by atoms with Gasteiger partial charge in [-0.1, -0.05) is 24.3 Å². The van der Waals surface area contributed by atoms with Gasteiger partial charge < -0.3 is 10.1 Å². The summed E-state index contributed by atoms with van der Waals surface area (Å²) in [5, 5.41) is 3.23. The molecule has 1 N–H and O–H groups in total. The maximum Gasteiger partial charge on any atom is 0.0703 e. The van der Waals surface area contributed by atoms with E-state index in [-0.39, 0.29) is 0 Å². The van der Waals surface area contributed by atoms with Crippen molar-refractivity contribution in [2.24, 2.45) is 0 Å². The minimum atomic E-state index is 0.353. The van der Waals surface area contributed by atoms with Gasteiger partial charge in [0.1, 0.15) is 0 Å². The summed E-state index contributed by atoms with van der Waals surface area (Å²) < 4.78 is 5.65. The van der Waals surface area contributed by atoms with Crippen molar-refractivity contribution in [1.29, 1.82) is 0 Å². The molecule has 0 saturated carbocycles.